The Balaban J connectivity index is 1.87. The van der Waals surface area contributed by atoms with E-state index in [0.717, 1.165) is 11.1 Å². The molecule has 0 radical (unpaired) electrons. The first-order chi connectivity index (χ1) is 14.8. The number of nitriles is 1. The molecule has 0 aliphatic heterocycles. The van der Waals surface area contributed by atoms with Gasteiger partial charge in [0.25, 0.3) is 0 Å². The minimum atomic E-state index is -0.768. The molecule has 0 aliphatic rings. The molecule has 1 heterocycles. The Morgan fingerprint density at radius 2 is 1.90 bits per heavy atom. The monoisotopic (exact) mass is 417 g/mol. The lowest BCUT2D eigenvalue weighted by molar-refractivity contribution is -0.139. The highest BCUT2D eigenvalue weighted by Crippen LogP contribution is 2.27. The van der Waals surface area contributed by atoms with Crippen molar-refractivity contribution in [3.8, 4) is 11.8 Å². The molecule has 0 spiro atoms. The molecule has 0 saturated heterocycles. The van der Waals surface area contributed by atoms with Crippen LogP contribution in [0.1, 0.15) is 42.0 Å². The predicted molar refractivity (Wildman–Crippen MR) is 118 cm³/mol. The Hall–Kier alpha value is -3.85. The van der Waals surface area contributed by atoms with Gasteiger partial charge in [-0.25, -0.2) is 9.59 Å². The smallest absolute Gasteiger partial charge is 0.349 e. The largest absolute Gasteiger partial charge is 0.497 e. The van der Waals surface area contributed by atoms with E-state index in [1.807, 2.05) is 25.1 Å². The first-order valence-electron chi connectivity index (χ1n) is 9.82. The zero-order valence-electron chi connectivity index (χ0n) is 17.9. The van der Waals surface area contributed by atoms with Gasteiger partial charge < -0.3 is 13.9 Å². The number of hydrogen-bond donors (Lipinski definition) is 0. The quantitative estimate of drug-likeness (QED) is 0.246. The van der Waals surface area contributed by atoms with Gasteiger partial charge >= 0.3 is 11.6 Å². The lowest BCUT2D eigenvalue weighted by Gasteiger charge is -2.13. The van der Waals surface area contributed by atoms with Crippen LogP contribution in [0.25, 0.3) is 17.0 Å². The highest BCUT2D eigenvalue weighted by molar-refractivity contribution is 5.98. The maximum Gasteiger partial charge on any atom is 0.349 e. The van der Waals surface area contributed by atoms with E-state index < -0.39 is 11.6 Å². The van der Waals surface area contributed by atoms with E-state index in [2.05, 4.69) is 13.8 Å². The summed E-state index contributed by atoms with van der Waals surface area (Å²) in [5, 5.41) is 10.1. The number of carbonyl (C=O) groups excluding carboxylic acids is 1. The van der Waals surface area contributed by atoms with Crippen LogP contribution in [0.4, 0.5) is 0 Å². The fraction of sp³-hybridized carbons (Fsp3) is 0.240. The molecule has 3 aromatic rings. The van der Waals surface area contributed by atoms with E-state index in [0.29, 0.717) is 27.8 Å². The standard InChI is InChI=1S/C25H23NO5/c1-15(2)21-12-22-19(11-24(27)31-23(22)9-16(21)3)14-30-25(28)18(13-26)10-17-5-7-20(29-4)8-6-17/h5-12,15H,14H2,1-4H3. The summed E-state index contributed by atoms with van der Waals surface area (Å²) in [5.74, 6) is 0.185. The highest BCUT2D eigenvalue weighted by atomic mass is 16.5. The number of nitrogens with zero attached hydrogens (tertiary/aromatic N) is 1. The maximum absolute atomic E-state index is 12.5. The summed E-state index contributed by atoms with van der Waals surface area (Å²) in [6.45, 7) is 5.97. The van der Waals surface area contributed by atoms with Gasteiger partial charge in [0.1, 0.15) is 29.6 Å². The SMILES string of the molecule is COc1ccc(C=C(C#N)C(=O)OCc2cc(=O)oc3cc(C)c(C(C)C)cc23)cc1. The van der Waals surface area contributed by atoms with Crippen molar-refractivity contribution < 1.29 is 18.7 Å². The fourth-order valence-corrected chi connectivity index (χ4v) is 3.36. The Morgan fingerprint density at radius 1 is 1.19 bits per heavy atom. The third-order valence-electron chi connectivity index (χ3n) is 4.96. The van der Waals surface area contributed by atoms with Crippen molar-refractivity contribution >= 4 is 23.0 Å². The van der Waals surface area contributed by atoms with Crippen LogP contribution in [0, 0.1) is 18.3 Å². The highest BCUT2D eigenvalue weighted by Gasteiger charge is 2.15. The molecule has 2 aromatic carbocycles. The van der Waals surface area contributed by atoms with E-state index in [9.17, 15) is 14.9 Å². The summed E-state index contributed by atoms with van der Waals surface area (Å²) < 4.78 is 15.8. The van der Waals surface area contributed by atoms with Crippen LogP contribution in [0.15, 0.2) is 57.2 Å². The van der Waals surface area contributed by atoms with E-state index in [1.54, 1.807) is 31.4 Å². The van der Waals surface area contributed by atoms with Gasteiger partial charge in [0.2, 0.25) is 0 Å². The molecule has 6 nitrogen and oxygen atoms in total. The number of esters is 1. The van der Waals surface area contributed by atoms with Crippen LogP contribution in [0.2, 0.25) is 0 Å². The van der Waals surface area contributed by atoms with Crippen LogP contribution in [0.3, 0.4) is 0 Å². The average molecular weight is 417 g/mol. The number of hydrogen-bond acceptors (Lipinski definition) is 6. The number of carbonyl (C=O) groups is 1. The molecule has 0 N–H and O–H groups in total. The summed E-state index contributed by atoms with van der Waals surface area (Å²) in [5.41, 5.74) is 3.11. The molecule has 1 aromatic heterocycles. The number of benzene rings is 2. The zero-order valence-corrected chi connectivity index (χ0v) is 17.9. The Labute approximate surface area is 180 Å². The number of rotatable bonds is 6. The summed E-state index contributed by atoms with van der Waals surface area (Å²) in [7, 11) is 1.56. The van der Waals surface area contributed by atoms with Gasteiger partial charge in [-0.05, 0) is 59.9 Å². The van der Waals surface area contributed by atoms with Crippen molar-refractivity contribution in [1.29, 1.82) is 5.26 Å². The van der Waals surface area contributed by atoms with Crippen molar-refractivity contribution in [2.75, 3.05) is 7.11 Å². The minimum absolute atomic E-state index is 0.142. The lowest BCUT2D eigenvalue weighted by atomic mass is 9.95. The molecule has 0 unspecified atom stereocenters. The molecule has 31 heavy (non-hydrogen) atoms. The molecular formula is C25H23NO5. The Bertz CT molecular complexity index is 1240. The van der Waals surface area contributed by atoms with Crippen LogP contribution < -0.4 is 10.4 Å². The second-order valence-electron chi connectivity index (χ2n) is 7.47. The topological polar surface area (TPSA) is 89.5 Å². The maximum atomic E-state index is 12.5. The van der Waals surface area contributed by atoms with E-state index in [-0.39, 0.29) is 18.1 Å². The van der Waals surface area contributed by atoms with Crippen molar-refractivity contribution in [3.63, 3.8) is 0 Å². The third kappa shape index (κ3) is 5.01. The predicted octanol–water partition coefficient (Wildman–Crippen LogP) is 4.88. The number of ether oxygens (including phenoxy) is 2. The molecule has 0 aliphatic carbocycles. The van der Waals surface area contributed by atoms with Gasteiger partial charge in [0.15, 0.2) is 0 Å². The number of aryl methyl sites for hydroxylation is 1. The molecule has 3 rings (SSSR count). The molecular weight excluding hydrogens is 394 g/mol. The second-order valence-corrected chi connectivity index (χ2v) is 7.47. The van der Waals surface area contributed by atoms with Crippen molar-refractivity contribution in [3.05, 3.63) is 80.7 Å². The normalized spacial score (nSPS) is 11.4. The summed E-state index contributed by atoms with van der Waals surface area (Å²) >= 11 is 0. The molecule has 0 fully saturated rings. The first kappa shape index (κ1) is 21.8. The van der Waals surface area contributed by atoms with Crippen molar-refractivity contribution in [1.82, 2.24) is 0 Å². The minimum Gasteiger partial charge on any atom is -0.497 e. The summed E-state index contributed by atoms with van der Waals surface area (Å²) in [6.07, 6.45) is 1.44. The van der Waals surface area contributed by atoms with Crippen LogP contribution >= 0.6 is 0 Å². The molecule has 0 saturated carbocycles. The third-order valence-corrected chi connectivity index (χ3v) is 4.96. The molecule has 0 bridgehead atoms. The Kier molecular flexibility index (Phi) is 6.56. The van der Waals surface area contributed by atoms with Crippen molar-refractivity contribution in [2.45, 2.75) is 33.3 Å². The van der Waals surface area contributed by atoms with Gasteiger partial charge in [-0.3, -0.25) is 0 Å². The summed E-state index contributed by atoms with van der Waals surface area (Å²) in [6, 6.07) is 13.9. The van der Waals surface area contributed by atoms with Crippen LogP contribution in [-0.4, -0.2) is 13.1 Å². The van der Waals surface area contributed by atoms with Gasteiger partial charge in [-0.1, -0.05) is 26.0 Å². The van der Waals surface area contributed by atoms with Gasteiger partial charge in [-0.15, -0.1) is 0 Å². The van der Waals surface area contributed by atoms with Crippen LogP contribution in [0.5, 0.6) is 5.75 Å². The van der Waals surface area contributed by atoms with Crippen LogP contribution in [-0.2, 0) is 16.1 Å². The van der Waals surface area contributed by atoms with Crippen molar-refractivity contribution in [2.24, 2.45) is 0 Å². The fourth-order valence-electron chi connectivity index (χ4n) is 3.36. The molecule has 158 valence electrons. The average Bonchev–Trinajstić information content (AvgIpc) is 2.75. The lowest BCUT2D eigenvalue weighted by Crippen LogP contribution is -2.09. The summed E-state index contributed by atoms with van der Waals surface area (Å²) in [4.78, 5) is 24.5. The molecule has 0 atom stereocenters. The first-order valence-corrected chi connectivity index (χ1v) is 9.82. The second kappa shape index (κ2) is 9.31. The molecule has 6 heteroatoms. The number of methoxy groups -OCH3 is 1. The van der Waals surface area contributed by atoms with Gasteiger partial charge in [0, 0.05) is 17.0 Å². The number of fused-ring (bicyclic) bond motifs is 1. The van der Waals surface area contributed by atoms with Gasteiger partial charge in [0.05, 0.1) is 7.11 Å². The van der Waals surface area contributed by atoms with E-state index >= 15 is 0 Å². The van der Waals surface area contributed by atoms with E-state index in [4.69, 9.17) is 13.9 Å². The van der Waals surface area contributed by atoms with Gasteiger partial charge in [-0.2, -0.15) is 5.26 Å². The zero-order chi connectivity index (χ0) is 22.5. The van der Waals surface area contributed by atoms with E-state index in [1.165, 1.54) is 12.1 Å². The molecule has 0 amide bonds. The Morgan fingerprint density at radius 3 is 2.52 bits per heavy atom.